The molecule has 4 nitrogen and oxygen atoms in total. The Morgan fingerprint density at radius 2 is 2.05 bits per heavy atom. The zero-order valence-electron chi connectivity index (χ0n) is 9.72. The Morgan fingerprint density at radius 3 is 2.79 bits per heavy atom. The fourth-order valence-electron chi connectivity index (χ4n) is 1.79. The van der Waals surface area contributed by atoms with Gasteiger partial charge in [0.05, 0.1) is 11.6 Å². The van der Waals surface area contributed by atoms with Crippen LogP contribution < -0.4 is 9.47 Å². The average molecular weight is 365 g/mol. The Hall–Kier alpha value is -1.94. The molecule has 1 aliphatic heterocycles. The molecular formula is C14H8INO3. The van der Waals surface area contributed by atoms with Crippen molar-refractivity contribution in [1.82, 2.24) is 0 Å². The van der Waals surface area contributed by atoms with Crippen LogP contribution in [0.4, 0.5) is 0 Å². The largest absolute Gasteiger partial charge is 0.454 e. The second-order valence-corrected chi connectivity index (χ2v) is 4.94. The monoisotopic (exact) mass is 365 g/mol. The number of hydrogen-bond donors (Lipinski definition) is 0. The molecule has 1 aromatic heterocycles. The van der Waals surface area contributed by atoms with E-state index in [2.05, 4.69) is 28.7 Å². The van der Waals surface area contributed by atoms with Crippen LogP contribution in [0.25, 0.3) is 11.6 Å². The first-order valence-electron chi connectivity index (χ1n) is 5.53. The van der Waals surface area contributed by atoms with E-state index >= 15 is 0 Å². The number of halogens is 1. The summed E-state index contributed by atoms with van der Waals surface area (Å²) in [6.07, 6.45) is 1.71. The lowest BCUT2D eigenvalue weighted by molar-refractivity contribution is 0.174. The number of benzene rings is 1. The third-order valence-electron chi connectivity index (χ3n) is 2.68. The van der Waals surface area contributed by atoms with E-state index in [0.29, 0.717) is 22.8 Å². The lowest BCUT2D eigenvalue weighted by Crippen LogP contribution is -1.92. The summed E-state index contributed by atoms with van der Waals surface area (Å²) in [5.41, 5.74) is 1.29. The number of allylic oxidation sites excluding steroid dienone is 1. The minimum Gasteiger partial charge on any atom is -0.454 e. The van der Waals surface area contributed by atoms with E-state index in [1.807, 2.05) is 18.2 Å². The summed E-state index contributed by atoms with van der Waals surface area (Å²) in [5.74, 6) is 2.01. The molecule has 1 aliphatic rings. The van der Waals surface area contributed by atoms with Gasteiger partial charge in [0, 0.05) is 0 Å². The summed E-state index contributed by atoms with van der Waals surface area (Å²) < 4.78 is 16.8. The second-order valence-electron chi connectivity index (χ2n) is 3.88. The highest BCUT2D eigenvalue weighted by Gasteiger charge is 2.14. The van der Waals surface area contributed by atoms with Crippen molar-refractivity contribution >= 4 is 34.2 Å². The van der Waals surface area contributed by atoms with Crippen molar-refractivity contribution in [3.8, 4) is 17.6 Å². The van der Waals surface area contributed by atoms with Gasteiger partial charge in [0.2, 0.25) is 6.79 Å². The number of nitrogens with zero attached hydrogens (tertiary/aromatic N) is 1. The molecule has 0 saturated carbocycles. The Labute approximate surface area is 123 Å². The van der Waals surface area contributed by atoms with E-state index in [1.54, 1.807) is 18.2 Å². The standard InChI is InChI=1S/C14H8INO3/c15-14-4-2-11(19-14)5-10(7-16)9-1-3-12-13(6-9)18-8-17-12/h1-6H,8H2/b10-5+. The van der Waals surface area contributed by atoms with Gasteiger partial charge >= 0.3 is 0 Å². The smallest absolute Gasteiger partial charge is 0.231 e. The molecule has 0 unspecified atom stereocenters. The molecule has 5 heteroatoms. The Morgan fingerprint density at radius 1 is 1.21 bits per heavy atom. The highest BCUT2D eigenvalue weighted by Crippen LogP contribution is 2.34. The molecule has 0 fully saturated rings. The fraction of sp³-hybridized carbons (Fsp3) is 0.0714. The Kier molecular flexibility index (Phi) is 3.17. The van der Waals surface area contributed by atoms with Crippen molar-refractivity contribution in [1.29, 1.82) is 5.26 Å². The lowest BCUT2D eigenvalue weighted by Gasteiger charge is -2.01. The second kappa shape index (κ2) is 4.97. The summed E-state index contributed by atoms with van der Waals surface area (Å²) in [7, 11) is 0. The van der Waals surface area contributed by atoms with Crippen LogP contribution in [0.3, 0.4) is 0 Å². The van der Waals surface area contributed by atoms with E-state index in [4.69, 9.17) is 13.9 Å². The maximum absolute atomic E-state index is 9.26. The van der Waals surface area contributed by atoms with Gasteiger partial charge in [0.15, 0.2) is 15.3 Å². The summed E-state index contributed by atoms with van der Waals surface area (Å²) in [4.78, 5) is 0. The summed E-state index contributed by atoms with van der Waals surface area (Å²) in [6, 6.07) is 11.3. The molecule has 3 rings (SSSR count). The van der Waals surface area contributed by atoms with E-state index in [-0.39, 0.29) is 6.79 Å². The normalized spacial score (nSPS) is 13.4. The zero-order valence-corrected chi connectivity index (χ0v) is 11.9. The Bertz CT molecular complexity index is 697. The number of nitriles is 1. The van der Waals surface area contributed by atoms with Crippen LogP contribution in [0.15, 0.2) is 34.7 Å². The molecule has 0 amide bonds. The van der Waals surface area contributed by atoms with Gasteiger partial charge in [-0.2, -0.15) is 5.26 Å². The molecule has 0 bridgehead atoms. The van der Waals surface area contributed by atoms with Crippen LogP contribution >= 0.6 is 22.6 Å². The van der Waals surface area contributed by atoms with Crippen LogP contribution in [0.2, 0.25) is 0 Å². The third-order valence-corrected chi connectivity index (χ3v) is 3.26. The first-order valence-corrected chi connectivity index (χ1v) is 6.61. The van der Waals surface area contributed by atoms with Gasteiger partial charge in [0.1, 0.15) is 5.76 Å². The highest BCUT2D eigenvalue weighted by atomic mass is 127. The van der Waals surface area contributed by atoms with Gasteiger partial charge in [-0.3, -0.25) is 0 Å². The molecule has 0 saturated heterocycles. The topological polar surface area (TPSA) is 55.4 Å². The van der Waals surface area contributed by atoms with Crippen LogP contribution in [0.5, 0.6) is 11.5 Å². The first-order chi connectivity index (χ1) is 9.26. The van der Waals surface area contributed by atoms with Crippen molar-refractivity contribution in [2.75, 3.05) is 6.79 Å². The third kappa shape index (κ3) is 2.44. The van der Waals surface area contributed by atoms with E-state index < -0.39 is 0 Å². The SMILES string of the molecule is N#C/C(=C\c1ccc(I)o1)c1ccc2c(c1)OCO2. The number of rotatable bonds is 2. The van der Waals surface area contributed by atoms with E-state index in [1.165, 1.54) is 0 Å². The highest BCUT2D eigenvalue weighted by molar-refractivity contribution is 14.1. The van der Waals surface area contributed by atoms with Gasteiger partial charge < -0.3 is 13.9 Å². The lowest BCUT2D eigenvalue weighted by atomic mass is 10.1. The number of fused-ring (bicyclic) bond motifs is 1. The molecule has 0 spiro atoms. The summed E-state index contributed by atoms with van der Waals surface area (Å²) >= 11 is 2.08. The van der Waals surface area contributed by atoms with Crippen LogP contribution in [-0.2, 0) is 0 Å². The predicted octanol–water partition coefficient (Wildman–Crippen LogP) is 3.68. The van der Waals surface area contributed by atoms with Gasteiger partial charge in [0.25, 0.3) is 0 Å². The van der Waals surface area contributed by atoms with E-state index in [9.17, 15) is 5.26 Å². The molecular weight excluding hydrogens is 357 g/mol. The molecule has 2 aromatic rings. The fourth-order valence-corrected chi connectivity index (χ4v) is 2.23. The molecule has 19 heavy (non-hydrogen) atoms. The molecule has 0 N–H and O–H groups in total. The summed E-state index contributed by atoms with van der Waals surface area (Å²) in [5, 5.41) is 9.26. The van der Waals surface area contributed by atoms with E-state index in [0.717, 1.165) is 9.33 Å². The maximum Gasteiger partial charge on any atom is 0.231 e. The molecule has 2 heterocycles. The van der Waals surface area contributed by atoms with Crippen LogP contribution in [0.1, 0.15) is 11.3 Å². The van der Waals surface area contributed by atoms with Gasteiger partial charge in [-0.15, -0.1) is 0 Å². The van der Waals surface area contributed by atoms with Crippen LogP contribution in [0, 0.1) is 15.1 Å². The molecule has 1 aromatic carbocycles. The van der Waals surface area contributed by atoms with Crippen molar-refractivity contribution in [2.24, 2.45) is 0 Å². The van der Waals surface area contributed by atoms with Gasteiger partial charge in [-0.25, -0.2) is 0 Å². The average Bonchev–Trinajstić information content (AvgIpc) is 3.03. The molecule has 0 atom stereocenters. The maximum atomic E-state index is 9.26. The van der Waals surface area contributed by atoms with Crippen molar-refractivity contribution < 1.29 is 13.9 Å². The first kappa shape index (κ1) is 12.1. The van der Waals surface area contributed by atoms with Crippen molar-refractivity contribution in [3.63, 3.8) is 0 Å². The summed E-state index contributed by atoms with van der Waals surface area (Å²) in [6.45, 7) is 0.223. The number of furan rings is 1. The van der Waals surface area contributed by atoms with Gasteiger partial charge in [-0.1, -0.05) is 0 Å². The number of hydrogen-bond acceptors (Lipinski definition) is 4. The van der Waals surface area contributed by atoms with Gasteiger partial charge in [-0.05, 0) is 64.6 Å². The predicted molar refractivity (Wildman–Crippen MR) is 77.5 cm³/mol. The van der Waals surface area contributed by atoms with Crippen molar-refractivity contribution in [2.45, 2.75) is 0 Å². The Balaban J connectivity index is 1.99. The molecule has 94 valence electrons. The quantitative estimate of drug-likeness (QED) is 0.602. The number of ether oxygens (including phenoxy) is 2. The zero-order chi connectivity index (χ0) is 13.2. The molecule has 0 aliphatic carbocycles. The van der Waals surface area contributed by atoms with Crippen LogP contribution in [-0.4, -0.2) is 6.79 Å². The minimum absolute atomic E-state index is 0.223. The van der Waals surface area contributed by atoms with Crippen molar-refractivity contribution in [3.05, 3.63) is 45.4 Å². The molecule has 0 radical (unpaired) electrons. The minimum atomic E-state index is 0.223.